The molecule has 7 heteroatoms. The summed E-state index contributed by atoms with van der Waals surface area (Å²) >= 11 is 0. The summed E-state index contributed by atoms with van der Waals surface area (Å²) < 4.78 is 70.7. The van der Waals surface area contributed by atoms with Crippen molar-refractivity contribution in [1.29, 1.82) is 0 Å². The summed E-state index contributed by atoms with van der Waals surface area (Å²) in [5.74, 6) is -8.26. The van der Waals surface area contributed by atoms with Crippen LogP contribution in [0.5, 0.6) is 5.75 Å². The first-order valence-corrected chi connectivity index (χ1v) is 5.87. The molecule has 0 aliphatic rings. The first-order chi connectivity index (χ1) is 9.93. The third kappa shape index (κ3) is 3.13. The molecule has 0 saturated carbocycles. The first kappa shape index (κ1) is 15.2. The van der Waals surface area contributed by atoms with Crippen LogP contribution in [0.15, 0.2) is 24.3 Å². The van der Waals surface area contributed by atoms with Gasteiger partial charge in [0.2, 0.25) is 11.6 Å². The summed E-state index contributed by atoms with van der Waals surface area (Å²) in [6.07, 6.45) is 0. The molecule has 0 radical (unpaired) electrons. The molecule has 0 spiro atoms. The minimum atomic E-state index is -1.65. The van der Waals surface area contributed by atoms with E-state index in [1.54, 1.807) is 0 Å². The number of hydrogen-bond acceptors (Lipinski definition) is 2. The second-order valence-electron chi connectivity index (χ2n) is 4.20. The number of rotatable bonds is 4. The number of benzene rings is 2. The second-order valence-corrected chi connectivity index (χ2v) is 4.20. The van der Waals surface area contributed by atoms with Gasteiger partial charge < -0.3 is 10.5 Å². The Morgan fingerprint density at radius 3 is 2.05 bits per heavy atom. The summed E-state index contributed by atoms with van der Waals surface area (Å²) in [7, 11) is 0. The Balaban J connectivity index is 2.31. The highest BCUT2D eigenvalue weighted by molar-refractivity contribution is 5.31. The zero-order valence-electron chi connectivity index (χ0n) is 10.6. The molecule has 0 bridgehead atoms. The van der Waals surface area contributed by atoms with Crippen molar-refractivity contribution >= 4 is 0 Å². The molecule has 0 aromatic heterocycles. The lowest BCUT2D eigenvalue weighted by Gasteiger charge is -2.12. The topological polar surface area (TPSA) is 35.2 Å². The van der Waals surface area contributed by atoms with Crippen molar-refractivity contribution in [3.63, 3.8) is 0 Å². The van der Waals surface area contributed by atoms with E-state index in [0.717, 1.165) is 12.1 Å². The fourth-order valence-electron chi connectivity index (χ4n) is 1.76. The van der Waals surface area contributed by atoms with Crippen LogP contribution in [0.2, 0.25) is 0 Å². The van der Waals surface area contributed by atoms with E-state index in [4.69, 9.17) is 10.5 Å². The molecule has 2 aromatic carbocycles. The normalized spacial score (nSPS) is 10.8. The summed E-state index contributed by atoms with van der Waals surface area (Å²) in [4.78, 5) is 0. The van der Waals surface area contributed by atoms with Crippen LogP contribution in [0.25, 0.3) is 0 Å². The van der Waals surface area contributed by atoms with Gasteiger partial charge in [0.15, 0.2) is 17.4 Å². The zero-order valence-corrected chi connectivity index (χ0v) is 10.6. The van der Waals surface area contributed by atoms with Gasteiger partial charge in [0.05, 0.1) is 0 Å². The highest BCUT2D eigenvalue weighted by Crippen LogP contribution is 2.27. The van der Waals surface area contributed by atoms with E-state index in [2.05, 4.69) is 0 Å². The fraction of sp³-hybridized carbons (Fsp3) is 0.143. The third-order valence-corrected chi connectivity index (χ3v) is 2.83. The Morgan fingerprint density at radius 1 is 0.857 bits per heavy atom. The molecule has 0 heterocycles. The first-order valence-electron chi connectivity index (χ1n) is 5.87. The van der Waals surface area contributed by atoms with Crippen LogP contribution in [0.4, 0.5) is 22.0 Å². The molecule has 0 aliphatic heterocycles. The smallest absolute Gasteiger partial charge is 0.203 e. The molecule has 0 unspecified atom stereocenters. The van der Waals surface area contributed by atoms with E-state index in [1.807, 2.05) is 0 Å². The summed E-state index contributed by atoms with van der Waals surface area (Å²) in [6.45, 7) is -0.442. The Bertz CT molecular complexity index is 649. The third-order valence-electron chi connectivity index (χ3n) is 2.83. The van der Waals surface area contributed by atoms with E-state index in [1.165, 1.54) is 6.07 Å². The predicted molar refractivity (Wildman–Crippen MR) is 64.9 cm³/mol. The zero-order chi connectivity index (χ0) is 15.6. The van der Waals surface area contributed by atoms with Crippen molar-refractivity contribution in [2.75, 3.05) is 0 Å². The number of nitrogens with two attached hydrogens (primary N) is 1. The molecular formula is C14H10F5NO. The van der Waals surface area contributed by atoms with Crippen LogP contribution < -0.4 is 10.5 Å². The molecule has 2 N–H and O–H groups in total. The van der Waals surface area contributed by atoms with Crippen LogP contribution in [0, 0.1) is 29.1 Å². The Morgan fingerprint density at radius 2 is 1.48 bits per heavy atom. The molecule has 0 atom stereocenters. The van der Waals surface area contributed by atoms with E-state index in [0.29, 0.717) is 5.56 Å². The van der Waals surface area contributed by atoms with E-state index < -0.39 is 41.4 Å². The van der Waals surface area contributed by atoms with Gasteiger partial charge in [0.1, 0.15) is 12.4 Å². The van der Waals surface area contributed by atoms with Gasteiger partial charge in [-0.1, -0.05) is 6.07 Å². The highest BCUT2D eigenvalue weighted by atomic mass is 19.2. The molecule has 0 saturated heterocycles. The lowest BCUT2D eigenvalue weighted by Crippen LogP contribution is -2.08. The molecule has 0 aliphatic carbocycles. The molecule has 2 rings (SSSR count). The number of ether oxygens (including phenoxy) is 1. The van der Waals surface area contributed by atoms with Crippen molar-refractivity contribution in [1.82, 2.24) is 0 Å². The van der Waals surface area contributed by atoms with Gasteiger partial charge in [0, 0.05) is 12.6 Å². The molecule has 0 fully saturated rings. The quantitative estimate of drug-likeness (QED) is 0.694. The van der Waals surface area contributed by atoms with Crippen molar-refractivity contribution in [3.05, 3.63) is 64.5 Å². The van der Waals surface area contributed by atoms with Crippen molar-refractivity contribution in [2.45, 2.75) is 13.2 Å². The Hall–Kier alpha value is -2.15. The average molecular weight is 303 g/mol. The van der Waals surface area contributed by atoms with Crippen molar-refractivity contribution in [3.8, 4) is 5.75 Å². The maximum atomic E-state index is 13.4. The minimum Gasteiger partial charge on any atom is -0.483 e. The van der Waals surface area contributed by atoms with Crippen LogP contribution in [0.3, 0.4) is 0 Å². The van der Waals surface area contributed by atoms with Crippen LogP contribution in [-0.4, -0.2) is 0 Å². The van der Waals surface area contributed by atoms with E-state index in [-0.39, 0.29) is 18.2 Å². The SMILES string of the molecule is NCc1ccc(F)cc1COc1c(F)c(F)cc(F)c1F. The lowest BCUT2D eigenvalue weighted by atomic mass is 10.1. The minimum absolute atomic E-state index is 0.0431. The van der Waals surface area contributed by atoms with Crippen LogP contribution in [0.1, 0.15) is 11.1 Å². The lowest BCUT2D eigenvalue weighted by molar-refractivity contribution is 0.260. The molecular weight excluding hydrogens is 293 g/mol. The van der Waals surface area contributed by atoms with Crippen LogP contribution in [-0.2, 0) is 13.2 Å². The maximum absolute atomic E-state index is 13.4. The van der Waals surface area contributed by atoms with E-state index >= 15 is 0 Å². The van der Waals surface area contributed by atoms with Gasteiger partial charge >= 0.3 is 0 Å². The van der Waals surface area contributed by atoms with Crippen LogP contribution >= 0.6 is 0 Å². The van der Waals surface area contributed by atoms with Gasteiger partial charge in [-0.05, 0) is 23.3 Å². The Labute approximate surface area is 116 Å². The van der Waals surface area contributed by atoms with Gasteiger partial charge in [-0.2, -0.15) is 8.78 Å². The van der Waals surface area contributed by atoms with Gasteiger partial charge in [-0.25, -0.2) is 13.2 Å². The van der Waals surface area contributed by atoms with Gasteiger partial charge in [0.25, 0.3) is 0 Å². The second kappa shape index (κ2) is 6.09. The van der Waals surface area contributed by atoms with Crippen molar-refractivity contribution < 1.29 is 26.7 Å². The van der Waals surface area contributed by atoms with Gasteiger partial charge in [-0.15, -0.1) is 0 Å². The van der Waals surface area contributed by atoms with Crippen molar-refractivity contribution in [2.24, 2.45) is 5.73 Å². The molecule has 0 amide bonds. The number of hydrogen-bond donors (Lipinski definition) is 1. The summed E-state index contributed by atoms with van der Waals surface area (Å²) in [6, 6.07) is 3.68. The number of halogens is 5. The summed E-state index contributed by atoms with van der Waals surface area (Å²) in [5, 5.41) is 0. The average Bonchev–Trinajstić information content (AvgIpc) is 2.45. The largest absolute Gasteiger partial charge is 0.483 e. The Kier molecular flexibility index (Phi) is 4.42. The van der Waals surface area contributed by atoms with E-state index in [9.17, 15) is 22.0 Å². The molecule has 2 aromatic rings. The highest BCUT2D eigenvalue weighted by Gasteiger charge is 2.21. The molecule has 21 heavy (non-hydrogen) atoms. The predicted octanol–water partition coefficient (Wildman–Crippen LogP) is 3.42. The molecule has 2 nitrogen and oxygen atoms in total. The molecule has 112 valence electrons. The van der Waals surface area contributed by atoms with Gasteiger partial charge in [-0.3, -0.25) is 0 Å². The standard InChI is InChI=1S/C14H10F5NO/c15-9-2-1-7(5-20)8(3-9)6-21-14-12(18)10(16)4-11(17)13(14)19/h1-4H,5-6,20H2. The maximum Gasteiger partial charge on any atom is 0.203 e. The summed E-state index contributed by atoms with van der Waals surface area (Å²) in [5.41, 5.74) is 6.14. The fourth-order valence-corrected chi connectivity index (χ4v) is 1.76. The monoisotopic (exact) mass is 303 g/mol.